The molecule has 0 atom stereocenters. The largest absolute Gasteiger partial charge is 0.493 e. The van der Waals surface area contributed by atoms with E-state index in [1.807, 2.05) is 30.3 Å². The van der Waals surface area contributed by atoms with Crippen LogP contribution in [0.4, 0.5) is 0 Å². The van der Waals surface area contributed by atoms with Crippen LogP contribution >= 0.6 is 15.9 Å². The van der Waals surface area contributed by atoms with E-state index in [1.165, 1.54) is 5.56 Å². The molecule has 3 rings (SSSR count). The van der Waals surface area contributed by atoms with E-state index in [4.69, 9.17) is 4.74 Å². The van der Waals surface area contributed by atoms with Crippen molar-refractivity contribution in [3.63, 3.8) is 0 Å². The average molecular weight is 374 g/mol. The van der Waals surface area contributed by atoms with Crippen LogP contribution in [0, 0.1) is 0 Å². The third kappa shape index (κ3) is 4.35. The van der Waals surface area contributed by atoms with Gasteiger partial charge >= 0.3 is 0 Å². The van der Waals surface area contributed by atoms with Gasteiger partial charge in [0.05, 0.1) is 13.0 Å². The van der Waals surface area contributed by atoms with Crippen LogP contribution in [0.3, 0.4) is 0 Å². The van der Waals surface area contributed by atoms with Gasteiger partial charge < -0.3 is 10.1 Å². The zero-order chi connectivity index (χ0) is 16.1. The first-order chi connectivity index (χ1) is 11.2. The van der Waals surface area contributed by atoms with E-state index < -0.39 is 0 Å². The minimum absolute atomic E-state index is 0.0437. The first kappa shape index (κ1) is 16.1. The number of amides is 1. The van der Waals surface area contributed by atoms with E-state index >= 15 is 0 Å². The number of benzene rings is 2. The quantitative estimate of drug-likeness (QED) is 0.794. The molecule has 2 aromatic rings. The summed E-state index contributed by atoms with van der Waals surface area (Å²) in [6, 6.07) is 18.1. The average Bonchev–Trinajstić information content (AvgIpc) is 3.35. The third-order valence-electron chi connectivity index (χ3n) is 4.26. The molecule has 1 amide bonds. The Kier molecular flexibility index (Phi) is 5.01. The van der Waals surface area contributed by atoms with Crippen LogP contribution in [0.15, 0.2) is 59.1 Å². The van der Waals surface area contributed by atoms with Gasteiger partial charge in [0.25, 0.3) is 0 Å². The molecule has 1 fully saturated rings. The van der Waals surface area contributed by atoms with Gasteiger partial charge in [-0.25, -0.2) is 0 Å². The molecule has 0 aliphatic heterocycles. The molecular weight excluding hydrogens is 354 g/mol. The second-order valence-corrected chi connectivity index (χ2v) is 6.89. The molecule has 0 bridgehead atoms. The van der Waals surface area contributed by atoms with Crippen molar-refractivity contribution in [2.75, 3.05) is 13.2 Å². The Bertz CT molecular complexity index is 668. The molecular formula is C19H20BrNO2. The van der Waals surface area contributed by atoms with E-state index in [9.17, 15) is 4.79 Å². The highest BCUT2D eigenvalue weighted by molar-refractivity contribution is 9.10. The van der Waals surface area contributed by atoms with Crippen LogP contribution in [0.1, 0.15) is 24.8 Å². The van der Waals surface area contributed by atoms with E-state index in [1.54, 1.807) is 0 Å². The lowest BCUT2D eigenvalue weighted by Gasteiger charge is -2.16. The van der Waals surface area contributed by atoms with Gasteiger partial charge in [-0.05, 0) is 36.6 Å². The fraction of sp³-hybridized carbons (Fsp3) is 0.316. The zero-order valence-electron chi connectivity index (χ0n) is 12.9. The molecule has 0 unspecified atom stereocenters. The van der Waals surface area contributed by atoms with Crippen molar-refractivity contribution in [1.29, 1.82) is 0 Å². The summed E-state index contributed by atoms with van der Waals surface area (Å²) in [5.41, 5.74) is 1.48. The fourth-order valence-electron chi connectivity index (χ4n) is 2.68. The number of halogens is 1. The van der Waals surface area contributed by atoms with Crippen molar-refractivity contribution >= 4 is 21.8 Å². The van der Waals surface area contributed by atoms with Gasteiger partial charge in [-0.1, -0.05) is 52.3 Å². The lowest BCUT2D eigenvalue weighted by atomic mass is 9.96. The van der Waals surface area contributed by atoms with Gasteiger partial charge in [-0.15, -0.1) is 0 Å². The molecule has 0 heterocycles. The number of carbonyl (C=O) groups is 1. The maximum absolute atomic E-state index is 12.0. The summed E-state index contributed by atoms with van der Waals surface area (Å²) in [7, 11) is 0. The Morgan fingerprint density at radius 1 is 1.13 bits per heavy atom. The summed E-state index contributed by atoms with van der Waals surface area (Å²) < 4.78 is 6.57. The molecule has 23 heavy (non-hydrogen) atoms. The molecule has 4 heteroatoms. The van der Waals surface area contributed by atoms with Crippen LogP contribution in [0.25, 0.3) is 0 Å². The summed E-state index contributed by atoms with van der Waals surface area (Å²) in [5, 5.41) is 3.05. The predicted octanol–water partition coefficient (Wildman–Crippen LogP) is 4.07. The summed E-state index contributed by atoms with van der Waals surface area (Å²) in [5.74, 6) is 0.817. The summed E-state index contributed by atoms with van der Waals surface area (Å²) in [4.78, 5) is 12.0. The Balaban J connectivity index is 1.42. The summed E-state index contributed by atoms with van der Waals surface area (Å²) >= 11 is 3.40. The van der Waals surface area contributed by atoms with Gasteiger partial charge in [0, 0.05) is 16.4 Å². The Morgan fingerprint density at radius 2 is 1.91 bits per heavy atom. The maximum Gasteiger partial charge on any atom is 0.223 e. The van der Waals surface area contributed by atoms with Crippen LogP contribution in [-0.4, -0.2) is 19.1 Å². The minimum Gasteiger partial charge on any atom is -0.493 e. The van der Waals surface area contributed by atoms with Crippen molar-refractivity contribution in [2.45, 2.75) is 24.7 Å². The predicted molar refractivity (Wildman–Crippen MR) is 94.6 cm³/mol. The molecule has 1 N–H and O–H groups in total. The minimum atomic E-state index is 0.0437. The molecule has 1 aliphatic rings. The second-order valence-electron chi connectivity index (χ2n) is 5.98. The highest BCUT2D eigenvalue weighted by Gasteiger charge is 2.44. The number of hydrogen-bond acceptors (Lipinski definition) is 2. The molecule has 3 nitrogen and oxygen atoms in total. The van der Waals surface area contributed by atoms with Crippen LogP contribution in [0.2, 0.25) is 0 Å². The van der Waals surface area contributed by atoms with Crippen LogP contribution in [-0.2, 0) is 10.2 Å². The Hall–Kier alpha value is -1.81. The zero-order valence-corrected chi connectivity index (χ0v) is 14.5. The summed E-state index contributed by atoms with van der Waals surface area (Å²) in [6.45, 7) is 1.10. The third-order valence-corrected chi connectivity index (χ3v) is 4.75. The first-order valence-electron chi connectivity index (χ1n) is 7.89. The van der Waals surface area contributed by atoms with Gasteiger partial charge in [0.15, 0.2) is 0 Å². The highest BCUT2D eigenvalue weighted by Crippen LogP contribution is 2.47. The molecule has 1 saturated carbocycles. The van der Waals surface area contributed by atoms with E-state index in [-0.39, 0.29) is 11.3 Å². The SMILES string of the molecule is O=C(CCOc1cccc(Br)c1)NCC1(c2ccccc2)CC1. The molecule has 0 saturated heterocycles. The van der Waals surface area contributed by atoms with Crippen LogP contribution < -0.4 is 10.1 Å². The number of hydrogen-bond donors (Lipinski definition) is 1. The second kappa shape index (κ2) is 7.18. The molecule has 2 aromatic carbocycles. The van der Waals surface area contributed by atoms with E-state index in [0.29, 0.717) is 19.6 Å². The van der Waals surface area contributed by atoms with Crippen molar-refractivity contribution in [2.24, 2.45) is 0 Å². The highest BCUT2D eigenvalue weighted by atomic mass is 79.9. The topological polar surface area (TPSA) is 38.3 Å². The van der Waals surface area contributed by atoms with Crippen molar-refractivity contribution in [3.05, 3.63) is 64.6 Å². The molecule has 0 spiro atoms. The van der Waals surface area contributed by atoms with Crippen molar-refractivity contribution in [1.82, 2.24) is 5.32 Å². The Labute approximate surface area is 145 Å². The number of carbonyl (C=O) groups excluding carboxylic acids is 1. The van der Waals surface area contributed by atoms with Gasteiger partial charge in [0.1, 0.15) is 5.75 Å². The standard InChI is InChI=1S/C19H20BrNO2/c20-16-7-4-8-17(13-16)23-12-9-18(22)21-14-19(10-11-19)15-5-2-1-3-6-15/h1-8,13H,9-12,14H2,(H,21,22). The summed E-state index contributed by atoms with van der Waals surface area (Å²) in [6.07, 6.45) is 2.66. The maximum atomic E-state index is 12.0. The molecule has 120 valence electrons. The molecule has 0 aromatic heterocycles. The monoisotopic (exact) mass is 373 g/mol. The Morgan fingerprint density at radius 3 is 2.61 bits per heavy atom. The number of nitrogens with one attached hydrogen (secondary N) is 1. The van der Waals surface area contributed by atoms with Gasteiger partial charge in [-0.2, -0.15) is 0 Å². The van der Waals surface area contributed by atoms with Crippen LogP contribution in [0.5, 0.6) is 5.75 Å². The number of rotatable bonds is 7. The van der Waals surface area contributed by atoms with Crippen molar-refractivity contribution in [3.8, 4) is 5.75 Å². The number of ether oxygens (including phenoxy) is 1. The lowest BCUT2D eigenvalue weighted by molar-refractivity contribution is -0.121. The molecule has 1 aliphatic carbocycles. The fourth-order valence-corrected chi connectivity index (χ4v) is 3.06. The lowest BCUT2D eigenvalue weighted by Crippen LogP contribution is -2.32. The van der Waals surface area contributed by atoms with Gasteiger partial charge in [0.2, 0.25) is 5.91 Å². The van der Waals surface area contributed by atoms with E-state index in [0.717, 1.165) is 23.1 Å². The van der Waals surface area contributed by atoms with Crippen molar-refractivity contribution < 1.29 is 9.53 Å². The van der Waals surface area contributed by atoms with E-state index in [2.05, 4.69) is 45.5 Å². The smallest absolute Gasteiger partial charge is 0.223 e. The molecule has 0 radical (unpaired) electrons. The van der Waals surface area contributed by atoms with Gasteiger partial charge in [-0.3, -0.25) is 4.79 Å². The first-order valence-corrected chi connectivity index (χ1v) is 8.68. The normalized spacial score (nSPS) is 15.0.